The molecule has 1 unspecified atom stereocenters. The van der Waals surface area contributed by atoms with Gasteiger partial charge in [0.25, 0.3) is 0 Å². The van der Waals surface area contributed by atoms with Gasteiger partial charge in [-0.25, -0.2) is 0 Å². The van der Waals surface area contributed by atoms with Crippen LogP contribution in [0.15, 0.2) is 36.5 Å². The first kappa shape index (κ1) is 12.0. The molecule has 1 atom stereocenters. The lowest BCUT2D eigenvalue weighted by Gasteiger charge is -2.13. The van der Waals surface area contributed by atoms with Crippen LogP contribution in [0.3, 0.4) is 0 Å². The molecule has 2 aromatic rings. The van der Waals surface area contributed by atoms with Crippen molar-refractivity contribution >= 4 is 10.9 Å². The van der Waals surface area contributed by atoms with Crippen molar-refractivity contribution in [2.24, 2.45) is 0 Å². The number of aliphatic hydroxyl groups is 1. The Labute approximate surface area is 102 Å². The molecule has 3 nitrogen and oxygen atoms in total. The smallest absolute Gasteiger partial charge is 0.0705 e. The molecule has 3 heteroatoms. The molecular formula is C14H18N2O. The SMILES string of the molecule is CC(CCO)NCc1ccnc2ccccc12. The zero-order valence-electron chi connectivity index (χ0n) is 10.1. The molecular weight excluding hydrogens is 212 g/mol. The van der Waals surface area contributed by atoms with Crippen LogP contribution in [0.5, 0.6) is 0 Å². The second-order valence-electron chi connectivity index (χ2n) is 4.28. The lowest BCUT2D eigenvalue weighted by atomic mass is 10.1. The first-order valence-electron chi connectivity index (χ1n) is 5.98. The highest BCUT2D eigenvalue weighted by atomic mass is 16.3. The van der Waals surface area contributed by atoms with Crippen LogP contribution in [-0.2, 0) is 6.54 Å². The third kappa shape index (κ3) is 3.02. The predicted molar refractivity (Wildman–Crippen MR) is 69.7 cm³/mol. The largest absolute Gasteiger partial charge is 0.396 e. The van der Waals surface area contributed by atoms with E-state index in [0.29, 0.717) is 6.04 Å². The molecule has 0 aliphatic rings. The van der Waals surface area contributed by atoms with Crippen LogP contribution >= 0.6 is 0 Å². The van der Waals surface area contributed by atoms with E-state index in [-0.39, 0.29) is 6.61 Å². The van der Waals surface area contributed by atoms with Gasteiger partial charge in [-0.2, -0.15) is 0 Å². The van der Waals surface area contributed by atoms with Crippen molar-refractivity contribution in [3.63, 3.8) is 0 Å². The van der Waals surface area contributed by atoms with Gasteiger partial charge in [0.1, 0.15) is 0 Å². The Morgan fingerprint density at radius 3 is 2.94 bits per heavy atom. The molecule has 0 radical (unpaired) electrons. The Balaban J connectivity index is 2.13. The highest BCUT2D eigenvalue weighted by Gasteiger charge is 2.03. The second kappa shape index (κ2) is 5.75. The Hall–Kier alpha value is -1.45. The summed E-state index contributed by atoms with van der Waals surface area (Å²) in [6, 6.07) is 10.5. The average Bonchev–Trinajstić information content (AvgIpc) is 2.36. The van der Waals surface area contributed by atoms with E-state index >= 15 is 0 Å². The van der Waals surface area contributed by atoms with Crippen molar-refractivity contribution in [1.82, 2.24) is 10.3 Å². The maximum atomic E-state index is 8.86. The minimum absolute atomic E-state index is 0.227. The van der Waals surface area contributed by atoms with Crippen LogP contribution in [0.4, 0.5) is 0 Å². The van der Waals surface area contributed by atoms with Crippen LogP contribution in [0.1, 0.15) is 18.9 Å². The van der Waals surface area contributed by atoms with E-state index in [9.17, 15) is 0 Å². The molecule has 2 rings (SSSR count). The number of hydrogen-bond donors (Lipinski definition) is 2. The molecule has 0 saturated heterocycles. The Bertz CT molecular complexity index is 479. The van der Waals surface area contributed by atoms with Crippen molar-refractivity contribution in [1.29, 1.82) is 0 Å². The summed E-state index contributed by atoms with van der Waals surface area (Å²) in [5, 5.41) is 13.5. The van der Waals surface area contributed by atoms with Gasteiger partial charge in [-0.1, -0.05) is 18.2 Å². The van der Waals surface area contributed by atoms with E-state index in [1.54, 1.807) is 0 Å². The Kier molecular flexibility index (Phi) is 4.07. The number of aliphatic hydroxyl groups excluding tert-OH is 1. The van der Waals surface area contributed by atoms with Gasteiger partial charge in [-0.15, -0.1) is 0 Å². The molecule has 2 N–H and O–H groups in total. The quantitative estimate of drug-likeness (QED) is 0.826. The highest BCUT2D eigenvalue weighted by molar-refractivity contribution is 5.81. The Morgan fingerprint density at radius 2 is 2.12 bits per heavy atom. The average molecular weight is 230 g/mol. The fourth-order valence-corrected chi connectivity index (χ4v) is 1.89. The van der Waals surface area contributed by atoms with Gasteiger partial charge in [0.05, 0.1) is 5.52 Å². The number of rotatable bonds is 5. The summed E-state index contributed by atoms with van der Waals surface area (Å²) in [6.07, 6.45) is 2.62. The van der Waals surface area contributed by atoms with Gasteiger partial charge in [0, 0.05) is 30.8 Å². The van der Waals surface area contributed by atoms with Crippen molar-refractivity contribution < 1.29 is 5.11 Å². The van der Waals surface area contributed by atoms with Crippen LogP contribution in [0.2, 0.25) is 0 Å². The molecule has 0 amide bonds. The fraction of sp³-hybridized carbons (Fsp3) is 0.357. The van der Waals surface area contributed by atoms with Crippen LogP contribution < -0.4 is 5.32 Å². The van der Waals surface area contributed by atoms with Crippen LogP contribution in [0, 0.1) is 0 Å². The molecule has 1 heterocycles. The third-order valence-electron chi connectivity index (χ3n) is 2.94. The van der Waals surface area contributed by atoms with Gasteiger partial charge in [0.15, 0.2) is 0 Å². The standard InChI is InChI=1S/C14H18N2O/c1-11(7-9-17)16-10-12-6-8-15-14-5-3-2-4-13(12)14/h2-6,8,11,16-17H,7,9-10H2,1H3. The normalized spacial score (nSPS) is 12.8. The van der Waals surface area contributed by atoms with Gasteiger partial charge in [-0.3, -0.25) is 4.98 Å². The maximum Gasteiger partial charge on any atom is 0.0705 e. The van der Waals surface area contributed by atoms with Crippen molar-refractivity contribution in [2.45, 2.75) is 25.9 Å². The number of nitrogens with one attached hydrogen (secondary N) is 1. The minimum Gasteiger partial charge on any atom is -0.396 e. The van der Waals surface area contributed by atoms with Crippen molar-refractivity contribution in [3.8, 4) is 0 Å². The summed E-state index contributed by atoms with van der Waals surface area (Å²) < 4.78 is 0. The number of pyridine rings is 1. The van der Waals surface area contributed by atoms with Gasteiger partial charge < -0.3 is 10.4 Å². The Morgan fingerprint density at radius 1 is 1.29 bits per heavy atom. The van der Waals surface area contributed by atoms with Gasteiger partial charge in [0.2, 0.25) is 0 Å². The molecule has 17 heavy (non-hydrogen) atoms. The van der Waals surface area contributed by atoms with Crippen LogP contribution in [-0.4, -0.2) is 22.7 Å². The molecule has 0 bridgehead atoms. The molecule has 90 valence electrons. The zero-order chi connectivity index (χ0) is 12.1. The number of benzene rings is 1. The number of hydrogen-bond acceptors (Lipinski definition) is 3. The van der Waals surface area contributed by atoms with E-state index in [0.717, 1.165) is 18.5 Å². The summed E-state index contributed by atoms with van der Waals surface area (Å²) in [6.45, 7) is 3.12. The van der Waals surface area contributed by atoms with E-state index < -0.39 is 0 Å². The minimum atomic E-state index is 0.227. The van der Waals surface area contributed by atoms with E-state index in [4.69, 9.17) is 5.11 Å². The second-order valence-corrected chi connectivity index (χ2v) is 4.28. The summed E-state index contributed by atoms with van der Waals surface area (Å²) in [5.41, 5.74) is 2.28. The summed E-state index contributed by atoms with van der Waals surface area (Å²) in [4.78, 5) is 4.34. The third-order valence-corrected chi connectivity index (χ3v) is 2.94. The molecule has 1 aromatic carbocycles. The molecule has 0 spiro atoms. The fourth-order valence-electron chi connectivity index (χ4n) is 1.89. The molecule has 1 aromatic heterocycles. The maximum absolute atomic E-state index is 8.86. The number of para-hydroxylation sites is 1. The summed E-state index contributed by atoms with van der Waals surface area (Å²) in [7, 11) is 0. The number of fused-ring (bicyclic) bond motifs is 1. The monoisotopic (exact) mass is 230 g/mol. The number of aromatic nitrogens is 1. The molecule has 0 aliphatic heterocycles. The van der Waals surface area contributed by atoms with Crippen molar-refractivity contribution in [3.05, 3.63) is 42.1 Å². The van der Waals surface area contributed by atoms with Crippen LogP contribution in [0.25, 0.3) is 10.9 Å². The topological polar surface area (TPSA) is 45.1 Å². The zero-order valence-corrected chi connectivity index (χ0v) is 10.1. The first-order chi connectivity index (χ1) is 8.31. The summed E-state index contributed by atoms with van der Waals surface area (Å²) >= 11 is 0. The van der Waals surface area contributed by atoms with Crippen molar-refractivity contribution in [2.75, 3.05) is 6.61 Å². The molecule has 0 saturated carbocycles. The molecule has 0 aliphatic carbocycles. The lowest BCUT2D eigenvalue weighted by molar-refractivity contribution is 0.269. The highest BCUT2D eigenvalue weighted by Crippen LogP contribution is 2.15. The summed E-state index contributed by atoms with van der Waals surface area (Å²) in [5.74, 6) is 0. The van der Waals surface area contributed by atoms with Gasteiger partial charge >= 0.3 is 0 Å². The lowest BCUT2D eigenvalue weighted by Crippen LogP contribution is -2.26. The first-order valence-corrected chi connectivity index (χ1v) is 5.98. The number of nitrogens with zero attached hydrogens (tertiary/aromatic N) is 1. The van der Waals surface area contributed by atoms with E-state index in [1.807, 2.05) is 30.5 Å². The van der Waals surface area contributed by atoms with Gasteiger partial charge in [-0.05, 0) is 31.0 Å². The molecule has 0 fully saturated rings. The van der Waals surface area contributed by atoms with E-state index in [2.05, 4.69) is 23.3 Å². The predicted octanol–water partition coefficient (Wildman–Crippen LogP) is 2.10. The van der Waals surface area contributed by atoms with E-state index in [1.165, 1.54) is 10.9 Å².